The van der Waals surface area contributed by atoms with E-state index >= 15 is 0 Å². The normalized spacial score (nSPS) is 19.1. The molecule has 212 valence electrons. The van der Waals surface area contributed by atoms with Gasteiger partial charge in [-0.2, -0.15) is 5.10 Å². The Balaban J connectivity index is 1.86. The lowest BCUT2D eigenvalue weighted by Crippen LogP contribution is -2.50. The number of carbonyl (C=O) groups excluding carboxylic acids is 4. The van der Waals surface area contributed by atoms with Crippen LogP contribution in [0.3, 0.4) is 0 Å². The van der Waals surface area contributed by atoms with Crippen LogP contribution >= 0.6 is 0 Å². The second kappa shape index (κ2) is 14.4. The summed E-state index contributed by atoms with van der Waals surface area (Å²) in [5.74, 6) is 0.192. The molecular weight excluding hydrogens is 500 g/mol. The van der Waals surface area contributed by atoms with Crippen molar-refractivity contribution < 1.29 is 23.9 Å². The van der Waals surface area contributed by atoms with Crippen LogP contribution in [-0.2, 0) is 36.9 Å². The van der Waals surface area contributed by atoms with E-state index in [9.17, 15) is 19.2 Å². The number of fused-ring (bicyclic) bond motifs is 1. The van der Waals surface area contributed by atoms with Crippen molar-refractivity contribution in [3.63, 3.8) is 0 Å². The predicted molar refractivity (Wildman–Crippen MR) is 144 cm³/mol. The van der Waals surface area contributed by atoms with Crippen LogP contribution in [0.15, 0.2) is 30.3 Å². The Kier molecular flexibility index (Phi) is 11.0. The molecule has 1 aromatic heterocycles. The molecule has 2 aromatic rings. The van der Waals surface area contributed by atoms with E-state index in [2.05, 4.69) is 25.5 Å². The maximum absolute atomic E-state index is 13.5. The summed E-state index contributed by atoms with van der Waals surface area (Å²) in [6.45, 7) is 6.90. The average molecular weight is 541 g/mol. The highest BCUT2D eigenvalue weighted by Crippen LogP contribution is 2.21. The Bertz CT molecular complexity index is 1130. The largest absolute Gasteiger partial charge is 0.469 e. The smallest absolute Gasteiger partial charge is 0.305 e. The number of methoxy groups -OCH3 is 1. The van der Waals surface area contributed by atoms with E-state index in [0.717, 1.165) is 5.56 Å². The quantitative estimate of drug-likeness (QED) is 0.514. The van der Waals surface area contributed by atoms with Gasteiger partial charge in [0, 0.05) is 38.8 Å². The molecule has 2 N–H and O–H groups in total. The van der Waals surface area contributed by atoms with E-state index in [0.29, 0.717) is 50.5 Å². The van der Waals surface area contributed by atoms with Gasteiger partial charge in [0.25, 0.3) is 0 Å². The minimum atomic E-state index is -0.766. The lowest BCUT2D eigenvalue weighted by atomic mass is 10.0. The zero-order valence-electron chi connectivity index (χ0n) is 23.3. The van der Waals surface area contributed by atoms with Crippen LogP contribution in [-0.4, -0.2) is 69.6 Å². The van der Waals surface area contributed by atoms with Crippen LogP contribution in [0.4, 0.5) is 0 Å². The third kappa shape index (κ3) is 8.90. The van der Waals surface area contributed by atoms with Crippen molar-refractivity contribution in [1.29, 1.82) is 0 Å². The van der Waals surface area contributed by atoms with Crippen molar-refractivity contribution in [3.05, 3.63) is 47.5 Å². The van der Waals surface area contributed by atoms with Crippen LogP contribution in [0.1, 0.15) is 69.2 Å². The van der Waals surface area contributed by atoms with E-state index in [1.807, 2.05) is 44.2 Å². The molecule has 0 aliphatic carbocycles. The van der Waals surface area contributed by atoms with E-state index in [1.54, 1.807) is 16.5 Å². The standard InChI is InChI=1S/C28H40N6O5/c1-19(2)26-27-29-20(3)32-34(27)17-16-33(24(36)13-8-14-25(37)39-4)15-9-12-23(35)30-22(28(38)31-26)18-21-10-6-5-7-11-21/h5-7,10-11,19,22,26H,8-9,12-18H2,1-4H3,(H,30,35)(H,31,38)/t22-,26+/m0/s1. The average Bonchev–Trinajstić information content (AvgIpc) is 3.28. The molecule has 0 saturated heterocycles. The molecule has 0 saturated carbocycles. The fourth-order valence-corrected chi connectivity index (χ4v) is 4.63. The molecule has 2 heterocycles. The molecule has 0 fully saturated rings. The van der Waals surface area contributed by atoms with Crippen molar-refractivity contribution in [2.75, 3.05) is 20.2 Å². The highest BCUT2D eigenvalue weighted by Gasteiger charge is 2.30. The summed E-state index contributed by atoms with van der Waals surface area (Å²) >= 11 is 0. The van der Waals surface area contributed by atoms with Crippen LogP contribution in [0.5, 0.6) is 0 Å². The molecule has 1 aromatic carbocycles. The second-order valence-electron chi connectivity index (χ2n) is 10.2. The Morgan fingerprint density at radius 2 is 1.82 bits per heavy atom. The second-order valence-corrected chi connectivity index (χ2v) is 10.2. The number of esters is 1. The van der Waals surface area contributed by atoms with Gasteiger partial charge in [-0.05, 0) is 31.2 Å². The number of carbonyl (C=O) groups is 4. The molecule has 3 rings (SSSR count). The van der Waals surface area contributed by atoms with Crippen LogP contribution in [0.2, 0.25) is 0 Å². The number of rotatable bonds is 7. The van der Waals surface area contributed by atoms with Crippen molar-refractivity contribution in [3.8, 4) is 0 Å². The van der Waals surface area contributed by atoms with Gasteiger partial charge in [0.05, 0.1) is 19.7 Å². The molecule has 0 bridgehead atoms. The topological polar surface area (TPSA) is 136 Å². The van der Waals surface area contributed by atoms with Gasteiger partial charge in [-0.3, -0.25) is 19.2 Å². The number of nitrogens with zero attached hydrogens (tertiary/aromatic N) is 4. The number of benzene rings is 1. The number of aryl methyl sites for hydroxylation is 1. The van der Waals surface area contributed by atoms with E-state index in [4.69, 9.17) is 0 Å². The Morgan fingerprint density at radius 3 is 2.51 bits per heavy atom. The lowest BCUT2D eigenvalue weighted by molar-refractivity contribution is -0.141. The Labute approximate surface area is 229 Å². The summed E-state index contributed by atoms with van der Waals surface area (Å²) in [7, 11) is 1.32. The van der Waals surface area contributed by atoms with Gasteiger partial charge in [-0.1, -0.05) is 44.2 Å². The van der Waals surface area contributed by atoms with Gasteiger partial charge in [0.15, 0.2) is 0 Å². The molecule has 1 aliphatic heterocycles. The van der Waals surface area contributed by atoms with Crippen LogP contribution < -0.4 is 10.6 Å². The van der Waals surface area contributed by atoms with Crippen LogP contribution in [0, 0.1) is 12.8 Å². The maximum Gasteiger partial charge on any atom is 0.305 e. The number of hydrogen-bond acceptors (Lipinski definition) is 7. The summed E-state index contributed by atoms with van der Waals surface area (Å²) in [5, 5.41) is 10.6. The molecule has 0 spiro atoms. The van der Waals surface area contributed by atoms with Gasteiger partial charge in [-0.25, -0.2) is 9.67 Å². The molecule has 2 atom stereocenters. The minimum absolute atomic E-state index is 0.00617. The van der Waals surface area contributed by atoms with E-state index < -0.39 is 12.1 Å². The first-order valence-electron chi connectivity index (χ1n) is 13.6. The van der Waals surface area contributed by atoms with Crippen molar-refractivity contribution in [2.24, 2.45) is 5.92 Å². The van der Waals surface area contributed by atoms with Gasteiger partial charge in [0.1, 0.15) is 17.7 Å². The first-order valence-corrected chi connectivity index (χ1v) is 13.6. The molecule has 0 radical (unpaired) electrons. The molecule has 1 aliphatic rings. The van der Waals surface area contributed by atoms with Crippen molar-refractivity contribution in [2.45, 2.75) is 77.9 Å². The maximum atomic E-state index is 13.5. The van der Waals surface area contributed by atoms with Gasteiger partial charge >= 0.3 is 5.97 Å². The monoisotopic (exact) mass is 540 g/mol. The number of aromatic nitrogens is 3. The summed E-state index contributed by atoms with van der Waals surface area (Å²) in [6.07, 6.45) is 1.72. The first-order chi connectivity index (χ1) is 18.7. The molecule has 39 heavy (non-hydrogen) atoms. The highest BCUT2D eigenvalue weighted by atomic mass is 16.5. The predicted octanol–water partition coefficient (Wildman–Crippen LogP) is 2.09. The highest BCUT2D eigenvalue weighted by molar-refractivity contribution is 5.88. The Morgan fingerprint density at radius 1 is 1.08 bits per heavy atom. The van der Waals surface area contributed by atoms with Gasteiger partial charge in [-0.15, -0.1) is 0 Å². The Hall–Kier alpha value is -3.76. The summed E-state index contributed by atoms with van der Waals surface area (Å²) in [5.41, 5.74) is 0.933. The lowest BCUT2D eigenvalue weighted by Gasteiger charge is -2.28. The zero-order chi connectivity index (χ0) is 28.4. The zero-order valence-corrected chi connectivity index (χ0v) is 23.3. The summed E-state index contributed by atoms with van der Waals surface area (Å²) < 4.78 is 6.43. The van der Waals surface area contributed by atoms with Gasteiger partial charge < -0.3 is 20.3 Å². The molecule has 0 unspecified atom stereocenters. The number of nitrogens with one attached hydrogen (secondary N) is 2. The first kappa shape index (κ1) is 29.8. The number of hydrogen-bond donors (Lipinski definition) is 2. The molecule has 3 amide bonds. The number of ether oxygens (including phenoxy) is 1. The summed E-state index contributed by atoms with van der Waals surface area (Å²) in [4.78, 5) is 57.3. The fourth-order valence-electron chi connectivity index (χ4n) is 4.63. The molecule has 11 heteroatoms. The van der Waals surface area contributed by atoms with Gasteiger partial charge in [0.2, 0.25) is 17.7 Å². The SMILES string of the molecule is COC(=O)CCCC(=O)N1CCCC(=O)N[C@@H](Cc2ccccc2)C(=O)N[C@H](C(C)C)c2nc(C)nn2CC1. The summed E-state index contributed by atoms with van der Waals surface area (Å²) in [6, 6.07) is 8.34. The van der Waals surface area contributed by atoms with E-state index in [1.165, 1.54) is 7.11 Å². The van der Waals surface area contributed by atoms with E-state index in [-0.39, 0.29) is 48.9 Å². The fraction of sp³-hybridized carbons (Fsp3) is 0.571. The van der Waals surface area contributed by atoms with Crippen LogP contribution in [0.25, 0.3) is 0 Å². The molecular formula is C28H40N6O5. The van der Waals surface area contributed by atoms with Crippen molar-refractivity contribution >= 4 is 23.7 Å². The third-order valence-corrected chi connectivity index (χ3v) is 6.75. The molecule has 11 nitrogen and oxygen atoms in total. The third-order valence-electron chi connectivity index (χ3n) is 6.75. The number of amides is 3. The minimum Gasteiger partial charge on any atom is -0.469 e. The van der Waals surface area contributed by atoms with Crippen molar-refractivity contribution in [1.82, 2.24) is 30.3 Å².